The highest BCUT2D eigenvalue weighted by Gasteiger charge is 2.13. The SMILES string of the molecule is CCN(CC)c1ccc2cc(-c3ccc(C(=O)N=Nc4c(O)[nH]c5ccccc45)cc3)c(=O)oc2c1. The predicted molar refractivity (Wildman–Crippen MR) is 140 cm³/mol. The summed E-state index contributed by atoms with van der Waals surface area (Å²) >= 11 is 0. The van der Waals surface area contributed by atoms with Gasteiger partial charge in [0.05, 0.1) is 11.1 Å². The lowest BCUT2D eigenvalue weighted by atomic mass is 10.0. The number of hydrogen-bond acceptors (Lipinski definition) is 6. The number of anilines is 1. The highest BCUT2D eigenvalue weighted by atomic mass is 16.4. The molecule has 36 heavy (non-hydrogen) atoms. The van der Waals surface area contributed by atoms with Crippen molar-refractivity contribution in [3.63, 3.8) is 0 Å². The van der Waals surface area contributed by atoms with E-state index in [4.69, 9.17) is 4.42 Å². The van der Waals surface area contributed by atoms with Gasteiger partial charge >= 0.3 is 5.63 Å². The van der Waals surface area contributed by atoms with Crippen LogP contribution >= 0.6 is 0 Å². The van der Waals surface area contributed by atoms with Crippen LogP contribution in [-0.2, 0) is 0 Å². The summed E-state index contributed by atoms with van der Waals surface area (Å²) in [6, 6.07) is 21.3. The van der Waals surface area contributed by atoms with Crippen molar-refractivity contribution in [1.82, 2.24) is 4.98 Å². The Kier molecular flexibility index (Phi) is 6.08. The average Bonchev–Trinajstić information content (AvgIpc) is 3.22. The van der Waals surface area contributed by atoms with E-state index in [1.54, 1.807) is 42.5 Å². The number of aromatic hydroxyl groups is 1. The molecule has 0 saturated heterocycles. The fourth-order valence-electron chi connectivity index (χ4n) is 4.25. The number of amides is 1. The smallest absolute Gasteiger partial charge is 0.344 e. The number of azo groups is 1. The number of H-pyrrole nitrogens is 1. The molecule has 0 bridgehead atoms. The second kappa shape index (κ2) is 9.50. The van der Waals surface area contributed by atoms with Gasteiger partial charge in [0.15, 0.2) is 5.69 Å². The summed E-state index contributed by atoms with van der Waals surface area (Å²) < 4.78 is 5.62. The minimum Gasteiger partial charge on any atom is -0.493 e. The Bertz CT molecular complexity index is 1660. The zero-order chi connectivity index (χ0) is 25.2. The first-order chi connectivity index (χ1) is 17.5. The van der Waals surface area contributed by atoms with Crippen molar-refractivity contribution in [2.75, 3.05) is 18.0 Å². The Morgan fingerprint density at radius 1 is 1.00 bits per heavy atom. The van der Waals surface area contributed by atoms with Crippen LogP contribution in [0.3, 0.4) is 0 Å². The monoisotopic (exact) mass is 480 g/mol. The predicted octanol–water partition coefficient (Wildman–Crippen LogP) is 6.42. The normalized spacial score (nSPS) is 11.5. The van der Waals surface area contributed by atoms with Crippen molar-refractivity contribution in [2.24, 2.45) is 10.2 Å². The zero-order valence-electron chi connectivity index (χ0n) is 19.9. The molecule has 180 valence electrons. The van der Waals surface area contributed by atoms with Crippen LogP contribution in [0.25, 0.3) is 33.0 Å². The maximum Gasteiger partial charge on any atom is 0.344 e. The molecule has 0 aliphatic carbocycles. The largest absolute Gasteiger partial charge is 0.493 e. The van der Waals surface area contributed by atoms with E-state index in [0.717, 1.165) is 24.2 Å². The number of aromatic amines is 1. The number of benzene rings is 3. The first-order valence-electron chi connectivity index (χ1n) is 11.7. The minimum absolute atomic E-state index is 0.157. The molecule has 0 radical (unpaired) electrons. The summed E-state index contributed by atoms with van der Waals surface area (Å²) in [6.07, 6.45) is 0. The molecule has 5 rings (SSSR count). The van der Waals surface area contributed by atoms with E-state index in [2.05, 4.69) is 34.0 Å². The number of para-hydroxylation sites is 1. The van der Waals surface area contributed by atoms with Crippen molar-refractivity contribution in [1.29, 1.82) is 0 Å². The molecule has 0 aliphatic heterocycles. The number of nitrogens with one attached hydrogen (secondary N) is 1. The Balaban J connectivity index is 1.40. The number of carbonyl (C=O) groups excluding carboxylic acids is 1. The van der Waals surface area contributed by atoms with Crippen LogP contribution in [0.2, 0.25) is 0 Å². The van der Waals surface area contributed by atoms with E-state index in [1.165, 1.54) is 0 Å². The maximum absolute atomic E-state index is 12.7. The van der Waals surface area contributed by atoms with E-state index in [9.17, 15) is 14.7 Å². The van der Waals surface area contributed by atoms with Crippen molar-refractivity contribution in [3.8, 4) is 17.0 Å². The molecule has 0 fully saturated rings. The van der Waals surface area contributed by atoms with Gasteiger partial charge in [0, 0.05) is 41.2 Å². The van der Waals surface area contributed by atoms with E-state index in [-0.39, 0.29) is 11.6 Å². The van der Waals surface area contributed by atoms with Crippen LogP contribution in [0.4, 0.5) is 11.4 Å². The molecule has 8 heteroatoms. The topological polar surface area (TPSA) is 111 Å². The quantitative estimate of drug-likeness (QED) is 0.215. The molecule has 2 N–H and O–H groups in total. The minimum atomic E-state index is -0.569. The summed E-state index contributed by atoms with van der Waals surface area (Å²) in [5.74, 6) is -0.726. The lowest BCUT2D eigenvalue weighted by Gasteiger charge is -2.21. The van der Waals surface area contributed by atoms with Crippen LogP contribution in [0.15, 0.2) is 92.2 Å². The fraction of sp³-hybridized carbons (Fsp3) is 0.143. The van der Waals surface area contributed by atoms with Crippen molar-refractivity contribution < 1.29 is 14.3 Å². The van der Waals surface area contributed by atoms with Crippen LogP contribution in [-0.4, -0.2) is 29.1 Å². The summed E-state index contributed by atoms with van der Waals surface area (Å²) in [5, 5.41) is 19.3. The average molecular weight is 481 g/mol. The molecule has 5 aromatic rings. The molecule has 0 aliphatic rings. The number of aromatic nitrogens is 1. The number of rotatable bonds is 6. The summed E-state index contributed by atoms with van der Waals surface area (Å²) in [4.78, 5) is 30.3. The van der Waals surface area contributed by atoms with Crippen molar-refractivity contribution >= 4 is 39.2 Å². The van der Waals surface area contributed by atoms with Crippen LogP contribution < -0.4 is 10.5 Å². The Morgan fingerprint density at radius 3 is 2.50 bits per heavy atom. The number of hydrogen-bond donors (Lipinski definition) is 2. The fourth-order valence-corrected chi connectivity index (χ4v) is 4.25. The van der Waals surface area contributed by atoms with E-state index in [0.29, 0.717) is 33.2 Å². The molecule has 0 unspecified atom stereocenters. The molecule has 1 amide bonds. The Hall–Kier alpha value is -4.72. The van der Waals surface area contributed by atoms with E-state index in [1.807, 2.05) is 30.3 Å². The van der Waals surface area contributed by atoms with Crippen molar-refractivity contribution in [2.45, 2.75) is 13.8 Å². The van der Waals surface area contributed by atoms with Gasteiger partial charge in [-0.1, -0.05) is 30.3 Å². The molecule has 0 atom stereocenters. The van der Waals surface area contributed by atoms with Gasteiger partial charge in [-0.25, -0.2) is 4.79 Å². The third-order valence-electron chi connectivity index (χ3n) is 6.19. The number of fused-ring (bicyclic) bond motifs is 2. The second-order valence-electron chi connectivity index (χ2n) is 8.29. The van der Waals surface area contributed by atoms with Gasteiger partial charge in [0.2, 0.25) is 5.88 Å². The standard InChI is InChI=1S/C28H24N4O4/c1-3-32(4-2)20-14-13-19-15-22(28(35)36-24(19)16-20)17-9-11-18(12-10-17)26(33)31-30-25-21-7-5-6-8-23(21)29-27(25)34/h5-16,29,34H,3-4H2,1-2H3. The van der Waals surface area contributed by atoms with Gasteiger partial charge in [-0.05, 0) is 55.8 Å². The van der Waals surface area contributed by atoms with Crippen LogP contribution in [0.5, 0.6) is 5.88 Å². The van der Waals surface area contributed by atoms with Gasteiger partial charge in [-0.3, -0.25) is 4.79 Å². The van der Waals surface area contributed by atoms with Gasteiger partial charge < -0.3 is 19.4 Å². The van der Waals surface area contributed by atoms with Gasteiger partial charge in [0.25, 0.3) is 5.91 Å². The second-order valence-corrected chi connectivity index (χ2v) is 8.29. The van der Waals surface area contributed by atoms with Gasteiger partial charge in [-0.15, -0.1) is 10.2 Å². The first-order valence-corrected chi connectivity index (χ1v) is 11.7. The summed E-state index contributed by atoms with van der Waals surface area (Å²) in [5.41, 5.74) is 3.31. The summed E-state index contributed by atoms with van der Waals surface area (Å²) in [7, 11) is 0. The van der Waals surface area contributed by atoms with Crippen molar-refractivity contribution in [3.05, 3.63) is 88.8 Å². The maximum atomic E-state index is 12.7. The highest BCUT2D eigenvalue weighted by Crippen LogP contribution is 2.35. The number of nitrogens with zero attached hydrogens (tertiary/aromatic N) is 3. The third kappa shape index (κ3) is 4.24. The molecule has 0 spiro atoms. The highest BCUT2D eigenvalue weighted by molar-refractivity contribution is 5.97. The zero-order valence-corrected chi connectivity index (χ0v) is 19.9. The summed E-state index contributed by atoms with van der Waals surface area (Å²) in [6.45, 7) is 5.87. The van der Waals surface area contributed by atoms with Gasteiger partial charge in [0.1, 0.15) is 5.58 Å². The van der Waals surface area contributed by atoms with E-state index < -0.39 is 11.5 Å². The molecular weight excluding hydrogens is 456 g/mol. The lowest BCUT2D eigenvalue weighted by molar-refractivity contribution is 0.0995. The van der Waals surface area contributed by atoms with E-state index >= 15 is 0 Å². The van der Waals surface area contributed by atoms with Crippen LogP contribution in [0.1, 0.15) is 24.2 Å². The third-order valence-corrected chi connectivity index (χ3v) is 6.19. The number of carbonyl (C=O) groups is 1. The van der Waals surface area contributed by atoms with Crippen LogP contribution in [0, 0.1) is 0 Å². The molecule has 3 aromatic carbocycles. The lowest BCUT2D eigenvalue weighted by Crippen LogP contribution is -2.21. The Morgan fingerprint density at radius 2 is 1.75 bits per heavy atom. The van der Waals surface area contributed by atoms with Gasteiger partial charge in [-0.2, -0.15) is 0 Å². The first kappa shape index (κ1) is 23.0. The molecule has 8 nitrogen and oxygen atoms in total. The Labute approximate surface area is 206 Å². The molecule has 2 aromatic heterocycles. The molecule has 0 saturated carbocycles. The molecular formula is C28H24N4O4. The molecule has 2 heterocycles.